The van der Waals surface area contributed by atoms with Crippen LogP contribution in [0.15, 0.2) is 85.1 Å². The minimum Gasteiger partial charge on any atom is -0.508 e. The smallest absolute Gasteiger partial charge is 0.297 e. The zero-order chi connectivity index (χ0) is 19.3. The maximum Gasteiger partial charge on any atom is 0.297 e. The van der Waals surface area contributed by atoms with E-state index in [0.29, 0.717) is 6.47 Å². The van der Waals surface area contributed by atoms with Gasteiger partial charge in [0.15, 0.2) is 0 Å². The molecule has 0 heterocycles. The molecule has 0 unspecified atom stereocenters. The molecule has 138 valence electrons. The van der Waals surface area contributed by atoms with Crippen molar-refractivity contribution in [3.63, 3.8) is 0 Å². The topological polar surface area (TPSA) is 46.5 Å². The molecule has 0 aliphatic rings. The Kier molecular flexibility index (Phi) is 5.07. The summed E-state index contributed by atoms with van der Waals surface area (Å²) in [7, 11) is 0. The lowest BCUT2D eigenvalue weighted by Gasteiger charge is -2.10. The minimum atomic E-state index is 0.271. The average molecular weight is 368 g/mol. The quantitative estimate of drug-likeness (QED) is 0.343. The number of hydrogen-bond acceptors (Lipinski definition) is 3. The number of carbonyl (C=O) groups is 1. The Balaban J connectivity index is 1.59. The van der Waals surface area contributed by atoms with Gasteiger partial charge in [-0.15, -0.1) is 0 Å². The van der Waals surface area contributed by atoms with E-state index >= 15 is 0 Å². The predicted molar refractivity (Wildman–Crippen MR) is 113 cm³/mol. The molecule has 0 saturated heterocycles. The van der Waals surface area contributed by atoms with Gasteiger partial charge < -0.3 is 9.84 Å². The molecule has 0 spiro atoms. The van der Waals surface area contributed by atoms with Gasteiger partial charge in [-0.3, -0.25) is 4.79 Å². The van der Waals surface area contributed by atoms with Gasteiger partial charge in [-0.1, -0.05) is 60.7 Å². The minimum absolute atomic E-state index is 0.271. The number of phenols is 1. The van der Waals surface area contributed by atoms with E-state index < -0.39 is 0 Å². The standard InChI is InChI=1S/C25H20O3/c26-17-28-16-24(22-10-9-19-3-1-2-4-20(19)14-22)8-6-18-5-7-23-15-25(27)12-11-21(23)13-18/h1-5,7,9-17,27H,6,8H2. The van der Waals surface area contributed by atoms with Crippen LogP contribution in [-0.4, -0.2) is 11.6 Å². The molecule has 0 saturated carbocycles. The number of phenolic OH excluding ortho intramolecular Hbond substituents is 1. The van der Waals surface area contributed by atoms with Crippen LogP contribution in [0.25, 0.3) is 27.1 Å². The molecule has 0 amide bonds. The normalized spacial score (nSPS) is 11.6. The van der Waals surface area contributed by atoms with Gasteiger partial charge >= 0.3 is 0 Å². The second kappa shape index (κ2) is 7.97. The summed E-state index contributed by atoms with van der Waals surface area (Å²) in [6.07, 6.45) is 3.10. The number of allylic oxidation sites excluding steroid dienone is 1. The van der Waals surface area contributed by atoms with Crippen LogP contribution >= 0.6 is 0 Å². The van der Waals surface area contributed by atoms with Crippen molar-refractivity contribution < 1.29 is 14.6 Å². The maximum absolute atomic E-state index is 10.7. The van der Waals surface area contributed by atoms with Crippen LogP contribution in [0.1, 0.15) is 17.5 Å². The monoisotopic (exact) mass is 368 g/mol. The molecule has 0 aliphatic carbocycles. The van der Waals surface area contributed by atoms with Gasteiger partial charge in [-0.25, -0.2) is 0 Å². The summed E-state index contributed by atoms with van der Waals surface area (Å²) >= 11 is 0. The number of hydrogen-bond donors (Lipinski definition) is 1. The molecule has 28 heavy (non-hydrogen) atoms. The molecule has 0 fully saturated rings. The average Bonchev–Trinajstić information content (AvgIpc) is 2.73. The molecule has 0 atom stereocenters. The molecular weight excluding hydrogens is 348 g/mol. The molecule has 4 rings (SSSR count). The summed E-state index contributed by atoms with van der Waals surface area (Å²) in [6.45, 7) is 0.448. The first-order valence-electron chi connectivity index (χ1n) is 9.22. The number of rotatable bonds is 6. The predicted octanol–water partition coefficient (Wildman–Crippen LogP) is 5.85. The Morgan fingerprint density at radius 2 is 1.54 bits per heavy atom. The summed E-state index contributed by atoms with van der Waals surface area (Å²) in [6, 6.07) is 26.1. The highest BCUT2D eigenvalue weighted by Crippen LogP contribution is 2.26. The van der Waals surface area contributed by atoms with E-state index in [1.54, 1.807) is 12.1 Å². The van der Waals surface area contributed by atoms with Crippen molar-refractivity contribution in [3.8, 4) is 5.75 Å². The lowest BCUT2D eigenvalue weighted by molar-refractivity contribution is -0.123. The Morgan fingerprint density at radius 3 is 2.39 bits per heavy atom. The van der Waals surface area contributed by atoms with Gasteiger partial charge in [0.2, 0.25) is 0 Å². The van der Waals surface area contributed by atoms with Crippen molar-refractivity contribution in [2.45, 2.75) is 12.8 Å². The second-order valence-electron chi connectivity index (χ2n) is 6.80. The van der Waals surface area contributed by atoms with Crippen LogP contribution in [0, 0.1) is 0 Å². The maximum atomic E-state index is 10.7. The number of aromatic hydroxyl groups is 1. The number of aryl methyl sites for hydroxylation is 1. The fraction of sp³-hybridized carbons (Fsp3) is 0.0800. The van der Waals surface area contributed by atoms with E-state index in [0.717, 1.165) is 40.1 Å². The van der Waals surface area contributed by atoms with Gasteiger partial charge in [-0.2, -0.15) is 0 Å². The van der Waals surface area contributed by atoms with Crippen molar-refractivity contribution in [3.05, 3.63) is 96.3 Å². The largest absolute Gasteiger partial charge is 0.508 e. The van der Waals surface area contributed by atoms with Gasteiger partial charge in [0.1, 0.15) is 5.75 Å². The van der Waals surface area contributed by atoms with E-state index in [1.165, 1.54) is 17.2 Å². The van der Waals surface area contributed by atoms with Crippen LogP contribution in [0.5, 0.6) is 5.75 Å². The zero-order valence-electron chi connectivity index (χ0n) is 15.3. The van der Waals surface area contributed by atoms with Crippen LogP contribution in [0.2, 0.25) is 0 Å². The van der Waals surface area contributed by atoms with Crippen molar-refractivity contribution in [1.29, 1.82) is 0 Å². The van der Waals surface area contributed by atoms with Gasteiger partial charge in [0.05, 0.1) is 6.26 Å². The van der Waals surface area contributed by atoms with Crippen molar-refractivity contribution >= 4 is 33.6 Å². The first-order valence-corrected chi connectivity index (χ1v) is 9.22. The van der Waals surface area contributed by atoms with E-state index in [2.05, 4.69) is 42.5 Å². The van der Waals surface area contributed by atoms with Crippen LogP contribution < -0.4 is 0 Å². The summed E-state index contributed by atoms with van der Waals surface area (Å²) in [5.74, 6) is 0.271. The lowest BCUT2D eigenvalue weighted by atomic mass is 9.96. The molecule has 4 aromatic carbocycles. The Hall–Kier alpha value is -3.59. The summed E-state index contributed by atoms with van der Waals surface area (Å²) < 4.78 is 4.96. The zero-order valence-corrected chi connectivity index (χ0v) is 15.3. The molecule has 0 aromatic heterocycles. The van der Waals surface area contributed by atoms with E-state index in [1.807, 2.05) is 24.3 Å². The third-order valence-electron chi connectivity index (χ3n) is 4.96. The summed E-state index contributed by atoms with van der Waals surface area (Å²) in [5, 5.41) is 14.1. The number of benzene rings is 4. The van der Waals surface area contributed by atoms with Gasteiger partial charge in [0.25, 0.3) is 6.47 Å². The molecular formula is C25H20O3. The molecule has 0 aliphatic heterocycles. The second-order valence-corrected chi connectivity index (χ2v) is 6.80. The molecule has 4 aromatic rings. The Morgan fingerprint density at radius 1 is 0.821 bits per heavy atom. The molecule has 0 bridgehead atoms. The fourth-order valence-corrected chi connectivity index (χ4v) is 3.49. The van der Waals surface area contributed by atoms with Crippen LogP contribution in [0.3, 0.4) is 0 Å². The highest BCUT2D eigenvalue weighted by molar-refractivity contribution is 5.86. The van der Waals surface area contributed by atoms with E-state index in [4.69, 9.17) is 4.74 Å². The van der Waals surface area contributed by atoms with Gasteiger partial charge in [0, 0.05) is 0 Å². The summed E-state index contributed by atoms with van der Waals surface area (Å²) in [4.78, 5) is 10.7. The van der Waals surface area contributed by atoms with Gasteiger partial charge in [-0.05, 0) is 69.3 Å². The fourth-order valence-electron chi connectivity index (χ4n) is 3.49. The third kappa shape index (κ3) is 3.89. The third-order valence-corrected chi connectivity index (χ3v) is 4.96. The Bertz CT molecular complexity index is 1170. The van der Waals surface area contributed by atoms with Crippen LogP contribution in [-0.2, 0) is 16.0 Å². The van der Waals surface area contributed by atoms with Crippen LogP contribution in [0.4, 0.5) is 0 Å². The molecule has 3 nitrogen and oxygen atoms in total. The first-order chi connectivity index (χ1) is 13.7. The number of fused-ring (bicyclic) bond motifs is 2. The molecule has 0 radical (unpaired) electrons. The lowest BCUT2D eigenvalue weighted by Crippen LogP contribution is -1.92. The highest BCUT2D eigenvalue weighted by atomic mass is 16.5. The highest BCUT2D eigenvalue weighted by Gasteiger charge is 2.06. The van der Waals surface area contributed by atoms with E-state index in [-0.39, 0.29) is 5.75 Å². The molecule has 1 N–H and O–H groups in total. The SMILES string of the molecule is O=COC=C(CCc1ccc2cc(O)ccc2c1)c1ccc2ccccc2c1. The molecule has 3 heteroatoms. The first kappa shape index (κ1) is 17.8. The van der Waals surface area contributed by atoms with Crippen molar-refractivity contribution in [1.82, 2.24) is 0 Å². The Labute approximate surface area is 163 Å². The summed E-state index contributed by atoms with van der Waals surface area (Å²) in [5.41, 5.74) is 3.21. The number of ether oxygens (including phenoxy) is 1. The number of carbonyl (C=O) groups excluding carboxylic acids is 1. The van der Waals surface area contributed by atoms with Crippen molar-refractivity contribution in [2.24, 2.45) is 0 Å². The van der Waals surface area contributed by atoms with E-state index in [9.17, 15) is 9.90 Å². The van der Waals surface area contributed by atoms with Crippen molar-refractivity contribution in [2.75, 3.05) is 0 Å².